The Hall–Kier alpha value is -1.88. The molecule has 3 heterocycles. The van der Waals surface area contributed by atoms with Crippen molar-refractivity contribution in [1.82, 2.24) is 19.9 Å². The molecule has 0 bridgehead atoms. The molecule has 17 heavy (non-hydrogen) atoms. The van der Waals surface area contributed by atoms with Crippen LogP contribution in [0.4, 0.5) is 5.82 Å². The molecular formula is C12H15N5. The topological polar surface area (TPSA) is 46.0 Å². The summed E-state index contributed by atoms with van der Waals surface area (Å²) in [7, 11) is 0. The lowest BCUT2D eigenvalue weighted by Crippen LogP contribution is -2.43. The summed E-state index contributed by atoms with van der Waals surface area (Å²) in [5, 5.41) is 3.34. The highest BCUT2D eigenvalue weighted by atomic mass is 15.2. The van der Waals surface area contributed by atoms with Crippen LogP contribution in [0.1, 0.15) is 0 Å². The van der Waals surface area contributed by atoms with E-state index in [2.05, 4.69) is 20.2 Å². The van der Waals surface area contributed by atoms with Gasteiger partial charge in [0.25, 0.3) is 0 Å². The fourth-order valence-corrected chi connectivity index (χ4v) is 2.03. The smallest absolute Gasteiger partial charge is 0.142 e. The van der Waals surface area contributed by atoms with Crippen LogP contribution >= 0.6 is 0 Å². The van der Waals surface area contributed by atoms with Gasteiger partial charge < -0.3 is 14.8 Å². The third-order valence-corrected chi connectivity index (χ3v) is 2.95. The molecule has 5 nitrogen and oxygen atoms in total. The molecule has 1 aliphatic rings. The molecule has 2 aromatic heterocycles. The number of nitrogens with zero attached hydrogens (tertiary/aromatic N) is 4. The molecule has 0 atom stereocenters. The lowest BCUT2D eigenvalue weighted by Gasteiger charge is -2.28. The average molecular weight is 229 g/mol. The molecule has 1 aliphatic heterocycles. The van der Waals surface area contributed by atoms with Crippen LogP contribution in [0, 0.1) is 0 Å². The highest BCUT2D eigenvalue weighted by Crippen LogP contribution is 2.14. The van der Waals surface area contributed by atoms with E-state index < -0.39 is 0 Å². The number of piperazine rings is 1. The van der Waals surface area contributed by atoms with Gasteiger partial charge in [-0.2, -0.15) is 0 Å². The molecule has 0 radical (unpaired) electrons. The van der Waals surface area contributed by atoms with Gasteiger partial charge in [0.2, 0.25) is 0 Å². The van der Waals surface area contributed by atoms with Gasteiger partial charge in [0.1, 0.15) is 18.0 Å². The summed E-state index contributed by atoms with van der Waals surface area (Å²) in [5.41, 5.74) is 0. The molecule has 0 amide bonds. The van der Waals surface area contributed by atoms with E-state index in [0.717, 1.165) is 37.8 Å². The van der Waals surface area contributed by atoms with Crippen molar-refractivity contribution in [3.05, 3.63) is 36.9 Å². The number of hydrogen-bond acceptors (Lipinski definition) is 4. The zero-order valence-electron chi connectivity index (χ0n) is 9.58. The van der Waals surface area contributed by atoms with Crippen LogP contribution in [0.5, 0.6) is 0 Å². The highest BCUT2D eigenvalue weighted by Gasteiger charge is 2.12. The molecule has 1 N–H and O–H groups in total. The van der Waals surface area contributed by atoms with Gasteiger partial charge >= 0.3 is 0 Å². The largest absolute Gasteiger partial charge is 0.354 e. The molecule has 5 heteroatoms. The van der Waals surface area contributed by atoms with Crippen LogP contribution in [-0.4, -0.2) is 40.7 Å². The summed E-state index contributed by atoms with van der Waals surface area (Å²) in [6.45, 7) is 4.04. The van der Waals surface area contributed by atoms with E-state index in [-0.39, 0.29) is 0 Å². The second kappa shape index (κ2) is 4.55. The molecule has 88 valence electrons. The summed E-state index contributed by atoms with van der Waals surface area (Å²) in [6, 6.07) is 6.02. The number of hydrogen-bond donors (Lipinski definition) is 1. The Kier molecular flexibility index (Phi) is 2.75. The predicted octanol–water partition coefficient (Wildman–Crippen LogP) is 0.677. The number of rotatable bonds is 2. The van der Waals surface area contributed by atoms with Crippen LogP contribution < -0.4 is 10.2 Å². The van der Waals surface area contributed by atoms with E-state index in [0.29, 0.717) is 0 Å². The normalized spacial score (nSPS) is 16.1. The van der Waals surface area contributed by atoms with Gasteiger partial charge in [-0.1, -0.05) is 0 Å². The van der Waals surface area contributed by atoms with Crippen LogP contribution in [-0.2, 0) is 0 Å². The first kappa shape index (κ1) is 10.3. The van der Waals surface area contributed by atoms with E-state index in [4.69, 9.17) is 0 Å². The van der Waals surface area contributed by atoms with Crippen LogP contribution in [0.2, 0.25) is 0 Å². The Bertz CT molecular complexity index is 473. The van der Waals surface area contributed by atoms with Gasteiger partial charge in [0.05, 0.1) is 0 Å². The van der Waals surface area contributed by atoms with Gasteiger partial charge in [-0.3, -0.25) is 0 Å². The molecule has 0 aliphatic carbocycles. The second-order valence-electron chi connectivity index (χ2n) is 4.06. The molecule has 0 saturated carbocycles. The fraction of sp³-hybridized carbons (Fsp3) is 0.333. The molecule has 0 aromatic carbocycles. The van der Waals surface area contributed by atoms with Gasteiger partial charge in [-0.05, 0) is 12.1 Å². The minimum Gasteiger partial charge on any atom is -0.354 e. The average Bonchev–Trinajstić information content (AvgIpc) is 2.94. The van der Waals surface area contributed by atoms with Crippen molar-refractivity contribution in [3.63, 3.8) is 0 Å². The second-order valence-corrected chi connectivity index (χ2v) is 4.06. The molecular weight excluding hydrogens is 214 g/mol. The monoisotopic (exact) mass is 229 g/mol. The van der Waals surface area contributed by atoms with E-state index in [1.54, 1.807) is 6.33 Å². The minimum atomic E-state index is 0.915. The zero-order chi connectivity index (χ0) is 11.5. The molecule has 3 rings (SSSR count). The zero-order valence-corrected chi connectivity index (χ0v) is 9.58. The van der Waals surface area contributed by atoms with Crippen molar-refractivity contribution in [1.29, 1.82) is 0 Å². The lowest BCUT2D eigenvalue weighted by atomic mass is 10.3. The van der Waals surface area contributed by atoms with Crippen molar-refractivity contribution < 1.29 is 0 Å². The summed E-state index contributed by atoms with van der Waals surface area (Å²) < 4.78 is 1.99. The van der Waals surface area contributed by atoms with E-state index in [1.165, 1.54) is 0 Å². The van der Waals surface area contributed by atoms with Crippen molar-refractivity contribution in [2.75, 3.05) is 31.1 Å². The third kappa shape index (κ3) is 2.14. The molecule has 0 spiro atoms. The molecule has 0 unspecified atom stereocenters. The Labute approximate surface area is 100 Å². The van der Waals surface area contributed by atoms with E-state index in [1.807, 2.05) is 35.2 Å². The van der Waals surface area contributed by atoms with Crippen molar-refractivity contribution in [3.8, 4) is 5.82 Å². The fourth-order valence-electron chi connectivity index (χ4n) is 2.03. The van der Waals surface area contributed by atoms with E-state index >= 15 is 0 Å². The quantitative estimate of drug-likeness (QED) is 0.822. The summed E-state index contributed by atoms with van der Waals surface area (Å²) in [6.07, 6.45) is 5.61. The van der Waals surface area contributed by atoms with Crippen LogP contribution in [0.15, 0.2) is 36.9 Å². The van der Waals surface area contributed by atoms with E-state index in [9.17, 15) is 0 Å². The molecule has 1 fully saturated rings. The third-order valence-electron chi connectivity index (χ3n) is 2.95. The van der Waals surface area contributed by atoms with Gasteiger partial charge in [-0.15, -0.1) is 0 Å². The van der Waals surface area contributed by atoms with Gasteiger partial charge in [0, 0.05) is 44.6 Å². The maximum Gasteiger partial charge on any atom is 0.142 e. The maximum atomic E-state index is 4.35. The number of nitrogens with one attached hydrogen (secondary N) is 1. The van der Waals surface area contributed by atoms with Gasteiger partial charge in [-0.25, -0.2) is 9.97 Å². The van der Waals surface area contributed by atoms with Crippen molar-refractivity contribution in [2.45, 2.75) is 0 Å². The SMILES string of the molecule is c1ccn(-c2cc(N3CCNCC3)ncn2)c1. The summed E-state index contributed by atoms with van der Waals surface area (Å²) >= 11 is 0. The van der Waals surface area contributed by atoms with Crippen LogP contribution in [0.25, 0.3) is 5.82 Å². The van der Waals surface area contributed by atoms with Crippen LogP contribution in [0.3, 0.4) is 0 Å². The lowest BCUT2D eigenvalue weighted by molar-refractivity contribution is 0.584. The highest BCUT2D eigenvalue weighted by molar-refractivity contribution is 5.44. The summed E-state index contributed by atoms with van der Waals surface area (Å²) in [4.78, 5) is 10.9. The first-order valence-corrected chi connectivity index (χ1v) is 5.84. The maximum absolute atomic E-state index is 4.35. The first-order chi connectivity index (χ1) is 8.43. The minimum absolute atomic E-state index is 0.915. The predicted molar refractivity (Wildman–Crippen MR) is 66.4 cm³/mol. The Balaban J connectivity index is 1.88. The first-order valence-electron chi connectivity index (χ1n) is 5.84. The Morgan fingerprint density at radius 2 is 1.71 bits per heavy atom. The summed E-state index contributed by atoms with van der Waals surface area (Å²) in [5.74, 6) is 1.92. The van der Waals surface area contributed by atoms with Crippen molar-refractivity contribution >= 4 is 5.82 Å². The standard InChI is InChI=1S/C12H15N5/c1-2-6-16(5-1)11-9-12(15-10-14-11)17-7-3-13-4-8-17/h1-2,5-6,9-10,13H,3-4,7-8H2. The Morgan fingerprint density at radius 3 is 2.47 bits per heavy atom. The van der Waals surface area contributed by atoms with Gasteiger partial charge in [0.15, 0.2) is 0 Å². The molecule has 2 aromatic rings. The Morgan fingerprint density at radius 1 is 1.00 bits per heavy atom. The van der Waals surface area contributed by atoms with Crippen molar-refractivity contribution in [2.24, 2.45) is 0 Å². The molecule has 1 saturated heterocycles. The number of aromatic nitrogens is 3. The number of anilines is 1.